The van der Waals surface area contributed by atoms with E-state index < -0.39 is 0 Å². The lowest BCUT2D eigenvalue weighted by Crippen LogP contribution is -2.59. The van der Waals surface area contributed by atoms with Gasteiger partial charge in [0.25, 0.3) is 5.91 Å². The van der Waals surface area contributed by atoms with Crippen LogP contribution >= 0.6 is 0 Å². The molecule has 2 aliphatic heterocycles. The first-order valence-electron chi connectivity index (χ1n) is 9.90. The van der Waals surface area contributed by atoms with Crippen LogP contribution in [-0.2, 0) is 9.53 Å². The number of amides is 1. The van der Waals surface area contributed by atoms with Gasteiger partial charge in [0.1, 0.15) is 6.10 Å². The molecule has 6 nitrogen and oxygen atoms in total. The minimum Gasteiger partial charge on any atom is -0.366 e. The van der Waals surface area contributed by atoms with Crippen LogP contribution in [0.3, 0.4) is 0 Å². The second kappa shape index (κ2) is 10.2. The Kier molecular flexibility index (Phi) is 8.33. The van der Waals surface area contributed by atoms with Gasteiger partial charge >= 0.3 is 0 Å². The number of nitrogens with two attached hydrogens (primary N) is 1. The second-order valence-corrected chi connectivity index (χ2v) is 7.51. The molecule has 2 rings (SSSR count). The molecule has 25 heavy (non-hydrogen) atoms. The molecule has 1 saturated heterocycles. The minimum absolute atomic E-state index is 0.00636. The van der Waals surface area contributed by atoms with Gasteiger partial charge in [-0.15, -0.1) is 0 Å². The van der Waals surface area contributed by atoms with Crippen LogP contribution in [0.25, 0.3) is 0 Å². The van der Waals surface area contributed by atoms with Crippen LogP contribution in [0.15, 0.2) is 4.99 Å². The van der Waals surface area contributed by atoms with Gasteiger partial charge in [-0.05, 0) is 19.3 Å². The van der Waals surface area contributed by atoms with Crippen molar-refractivity contribution in [3.63, 3.8) is 0 Å². The molecule has 0 aromatic heterocycles. The van der Waals surface area contributed by atoms with E-state index in [2.05, 4.69) is 11.8 Å². The van der Waals surface area contributed by atoms with Crippen molar-refractivity contribution in [2.45, 2.75) is 70.1 Å². The van der Waals surface area contributed by atoms with Gasteiger partial charge in [0.15, 0.2) is 0 Å². The van der Waals surface area contributed by atoms with Crippen LogP contribution < -0.4 is 5.73 Å². The van der Waals surface area contributed by atoms with Gasteiger partial charge in [-0.25, -0.2) is 0 Å². The number of ether oxygens (including phenoxy) is 1. The summed E-state index contributed by atoms with van der Waals surface area (Å²) in [5, 5.41) is 0. The Morgan fingerprint density at radius 2 is 2.08 bits per heavy atom. The van der Waals surface area contributed by atoms with Gasteiger partial charge in [0.05, 0.1) is 12.6 Å². The zero-order valence-corrected chi connectivity index (χ0v) is 16.2. The van der Waals surface area contributed by atoms with Crippen LogP contribution in [0.1, 0.15) is 51.9 Å². The maximum Gasteiger partial charge on any atom is 0.252 e. The number of carbonyl (C=O) groups excluding carboxylic acids is 1. The summed E-state index contributed by atoms with van der Waals surface area (Å²) in [4.78, 5) is 20.9. The zero-order chi connectivity index (χ0) is 18.2. The highest BCUT2D eigenvalue weighted by Gasteiger charge is 2.36. The summed E-state index contributed by atoms with van der Waals surface area (Å²) < 4.78 is 5.68. The SMILES string of the molecule is CCCCCCCC1=NCCC(N2CCOC(C(=O)N(C)C)C2)C1N. The molecule has 0 aliphatic carbocycles. The molecule has 0 radical (unpaired) electrons. The van der Waals surface area contributed by atoms with Crippen LogP contribution in [-0.4, -0.2) is 79.9 Å². The third-order valence-electron chi connectivity index (χ3n) is 5.36. The molecule has 0 saturated carbocycles. The lowest BCUT2D eigenvalue weighted by molar-refractivity contribution is -0.148. The Labute approximate surface area is 152 Å². The van der Waals surface area contributed by atoms with E-state index in [4.69, 9.17) is 15.5 Å². The Bertz CT molecular complexity index is 453. The average molecular weight is 353 g/mol. The zero-order valence-electron chi connectivity index (χ0n) is 16.2. The fourth-order valence-corrected chi connectivity index (χ4v) is 3.82. The Balaban J connectivity index is 1.87. The first-order chi connectivity index (χ1) is 12.0. The summed E-state index contributed by atoms with van der Waals surface area (Å²) in [6, 6.07) is 0.276. The Morgan fingerprint density at radius 3 is 2.80 bits per heavy atom. The molecule has 2 N–H and O–H groups in total. The van der Waals surface area contributed by atoms with Crippen LogP contribution in [0.5, 0.6) is 0 Å². The molecular weight excluding hydrogens is 316 g/mol. The molecule has 0 aromatic rings. The van der Waals surface area contributed by atoms with Crippen LogP contribution in [0.2, 0.25) is 0 Å². The molecule has 2 heterocycles. The lowest BCUT2D eigenvalue weighted by Gasteiger charge is -2.42. The molecule has 144 valence electrons. The molecule has 3 unspecified atom stereocenters. The maximum absolute atomic E-state index is 12.2. The number of morpholine rings is 1. The first kappa shape index (κ1) is 20.3. The van der Waals surface area contributed by atoms with E-state index in [0.717, 1.165) is 25.9 Å². The van der Waals surface area contributed by atoms with Crippen molar-refractivity contribution in [1.82, 2.24) is 9.80 Å². The van der Waals surface area contributed by atoms with Crippen LogP contribution in [0, 0.1) is 0 Å². The van der Waals surface area contributed by atoms with Gasteiger partial charge in [-0.1, -0.05) is 32.6 Å². The fraction of sp³-hybridized carbons (Fsp3) is 0.895. The number of carbonyl (C=O) groups is 1. The third kappa shape index (κ3) is 5.76. The lowest BCUT2D eigenvalue weighted by atomic mass is 9.92. The van der Waals surface area contributed by atoms with E-state index in [1.807, 2.05) is 0 Å². The standard InChI is InChI=1S/C19H36N4O2/c1-4-5-6-7-8-9-15-18(20)16(10-11-21-15)23-12-13-25-17(14-23)19(24)22(2)3/h16-18H,4-14,20H2,1-3H3. The molecule has 1 fully saturated rings. The van der Waals surface area contributed by atoms with Gasteiger partial charge in [0.2, 0.25) is 0 Å². The summed E-state index contributed by atoms with van der Waals surface area (Å²) in [5.74, 6) is 0.0406. The minimum atomic E-state index is -0.368. The molecule has 2 aliphatic rings. The number of hydrogen-bond acceptors (Lipinski definition) is 5. The first-order valence-corrected chi connectivity index (χ1v) is 9.90. The molecule has 6 heteroatoms. The highest BCUT2D eigenvalue weighted by molar-refractivity contribution is 5.90. The predicted octanol–water partition coefficient (Wildman–Crippen LogP) is 1.68. The third-order valence-corrected chi connectivity index (χ3v) is 5.36. The van der Waals surface area contributed by atoms with E-state index in [1.54, 1.807) is 19.0 Å². The molecule has 3 atom stereocenters. The summed E-state index contributed by atoms with van der Waals surface area (Å²) in [5.41, 5.74) is 7.74. The Hall–Kier alpha value is -0.980. The molecular formula is C19H36N4O2. The van der Waals surface area contributed by atoms with Gasteiger partial charge in [0, 0.05) is 45.5 Å². The number of hydrogen-bond donors (Lipinski definition) is 1. The summed E-state index contributed by atoms with van der Waals surface area (Å²) >= 11 is 0. The van der Waals surface area contributed by atoms with E-state index in [-0.39, 0.29) is 24.1 Å². The van der Waals surface area contributed by atoms with Crippen molar-refractivity contribution >= 4 is 11.6 Å². The van der Waals surface area contributed by atoms with Crippen molar-refractivity contribution in [2.75, 3.05) is 40.3 Å². The van der Waals surface area contributed by atoms with E-state index in [9.17, 15) is 4.79 Å². The van der Waals surface area contributed by atoms with Crippen LogP contribution in [0.4, 0.5) is 0 Å². The maximum atomic E-state index is 12.2. The molecule has 0 aromatic carbocycles. The number of aliphatic imine (C=N–C) groups is 1. The largest absolute Gasteiger partial charge is 0.366 e. The number of likely N-dealkylation sites (N-methyl/N-ethyl adjacent to an activating group) is 1. The second-order valence-electron chi connectivity index (χ2n) is 7.51. The summed E-state index contributed by atoms with van der Waals surface area (Å²) in [7, 11) is 3.56. The Morgan fingerprint density at radius 1 is 1.32 bits per heavy atom. The van der Waals surface area contributed by atoms with Crippen molar-refractivity contribution in [3.8, 4) is 0 Å². The van der Waals surface area contributed by atoms with E-state index in [1.165, 1.54) is 37.8 Å². The van der Waals surface area contributed by atoms with Crippen molar-refractivity contribution < 1.29 is 9.53 Å². The van der Waals surface area contributed by atoms with E-state index in [0.29, 0.717) is 13.2 Å². The van der Waals surface area contributed by atoms with Gasteiger partial charge in [-0.3, -0.25) is 14.7 Å². The normalized spacial score (nSPS) is 27.8. The smallest absolute Gasteiger partial charge is 0.252 e. The van der Waals surface area contributed by atoms with Crippen molar-refractivity contribution in [3.05, 3.63) is 0 Å². The highest BCUT2D eigenvalue weighted by atomic mass is 16.5. The monoisotopic (exact) mass is 352 g/mol. The van der Waals surface area contributed by atoms with E-state index >= 15 is 0 Å². The fourth-order valence-electron chi connectivity index (χ4n) is 3.82. The topological polar surface area (TPSA) is 71.2 Å². The summed E-state index contributed by atoms with van der Waals surface area (Å²) in [6.45, 7) is 5.17. The quantitative estimate of drug-likeness (QED) is 0.675. The number of rotatable bonds is 8. The van der Waals surface area contributed by atoms with Crippen molar-refractivity contribution in [2.24, 2.45) is 10.7 Å². The molecule has 0 spiro atoms. The van der Waals surface area contributed by atoms with Crippen molar-refractivity contribution in [1.29, 1.82) is 0 Å². The molecule has 1 amide bonds. The van der Waals surface area contributed by atoms with Gasteiger partial charge in [-0.2, -0.15) is 0 Å². The molecule has 0 bridgehead atoms. The number of unbranched alkanes of at least 4 members (excludes halogenated alkanes) is 4. The summed E-state index contributed by atoms with van der Waals surface area (Å²) in [6.07, 6.45) is 7.97. The van der Waals surface area contributed by atoms with Gasteiger partial charge < -0.3 is 15.4 Å². The predicted molar refractivity (Wildman–Crippen MR) is 102 cm³/mol. The highest BCUT2D eigenvalue weighted by Crippen LogP contribution is 2.21. The average Bonchev–Trinajstić information content (AvgIpc) is 2.62. The number of nitrogens with zero attached hydrogens (tertiary/aromatic N) is 3.